The van der Waals surface area contributed by atoms with Gasteiger partial charge in [0, 0.05) is 31.0 Å². The molecule has 0 radical (unpaired) electrons. The molecule has 3 aliphatic rings. The lowest BCUT2D eigenvalue weighted by Crippen LogP contribution is -2.73. The van der Waals surface area contributed by atoms with Crippen molar-refractivity contribution in [1.82, 2.24) is 15.6 Å². The average molecular weight is 678 g/mol. The Kier molecular flexibility index (Phi) is 13.7. The topological polar surface area (TPSA) is 216 Å². The van der Waals surface area contributed by atoms with Crippen LogP contribution in [0.25, 0.3) is 0 Å². The van der Waals surface area contributed by atoms with Crippen LogP contribution in [0.2, 0.25) is 0 Å². The molecule has 1 fully saturated rings. The Labute approximate surface area is 283 Å². The van der Waals surface area contributed by atoms with Gasteiger partial charge in [0.05, 0.1) is 23.7 Å². The van der Waals surface area contributed by atoms with Crippen molar-refractivity contribution >= 4 is 23.8 Å². The molecule has 2 heterocycles. The van der Waals surface area contributed by atoms with Crippen molar-refractivity contribution < 1.29 is 43.6 Å². The highest BCUT2D eigenvalue weighted by Gasteiger charge is 2.69. The zero-order valence-electron chi connectivity index (χ0n) is 27.1. The second-order valence-electron chi connectivity index (χ2n) is 12.5. The summed E-state index contributed by atoms with van der Waals surface area (Å²) in [4.78, 5) is 50.6. The van der Waals surface area contributed by atoms with Gasteiger partial charge in [0.15, 0.2) is 12.2 Å². The highest BCUT2D eigenvalue weighted by Crippen LogP contribution is 2.61. The van der Waals surface area contributed by atoms with Crippen LogP contribution in [-0.2, 0) is 40.7 Å². The molecular formula is C34H55N5O9. The lowest BCUT2D eigenvalue weighted by Gasteiger charge is -2.58. The molecule has 1 aromatic rings. The van der Waals surface area contributed by atoms with Crippen LogP contribution in [0.5, 0.6) is 5.75 Å². The van der Waals surface area contributed by atoms with Crippen molar-refractivity contribution in [3.63, 3.8) is 0 Å². The van der Waals surface area contributed by atoms with E-state index in [-0.39, 0.29) is 33.6 Å². The summed E-state index contributed by atoms with van der Waals surface area (Å²) in [6.45, 7) is 8.39. The van der Waals surface area contributed by atoms with Gasteiger partial charge in [-0.05, 0) is 71.6 Å². The fraction of sp³-hybridized carbons (Fsp3) is 0.647. The number of carbonyl (C=O) groups is 4. The van der Waals surface area contributed by atoms with Crippen LogP contribution in [0.3, 0.4) is 0 Å². The van der Waals surface area contributed by atoms with Gasteiger partial charge in [-0.1, -0.05) is 27.0 Å². The maximum absolute atomic E-state index is 13.3. The molecule has 1 saturated heterocycles. The normalized spacial score (nSPS) is 25.9. The number of amides is 2. The van der Waals surface area contributed by atoms with E-state index < -0.39 is 65.1 Å². The van der Waals surface area contributed by atoms with Crippen LogP contribution in [-0.4, -0.2) is 88.0 Å². The summed E-state index contributed by atoms with van der Waals surface area (Å²) in [5.74, 6) is 4.17. The quantitative estimate of drug-likeness (QED) is 0.105. The predicted octanol–water partition coefficient (Wildman–Crippen LogP) is 1.36. The fourth-order valence-corrected chi connectivity index (χ4v) is 6.96. The van der Waals surface area contributed by atoms with Crippen molar-refractivity contribution in [2.75, 3.05) is 13.1 Å². The van der Waals surface area contributed by atoms with Crippen LogP contribution in [0.1, 0.15) is 91.3 Å². The van der Waals surface area contributed by atoms with E-state index in [1.807, 2.05) is 19.9 Å². The smallest absolute Gasteiger partial charge is 0.352 e. The van der Waals surface area contributed by atoms with E-state index in [1.54, 1.807) is 17.2 Å². The molecule has 48 heavy (non-hydrogen) atoms. The maximum Gasteiger partial charge on any atom is 0.352 e. The Morgan fingerprint density at radius 1 is 1.15 bits per heavy atom. The van der Waals surface area contributed by atoms with Crippen molar-refractivity contribution in [2.24, 2.45) is 11.6 Å². The molecule has 2 aliphatic heterocycles. The molecule has 7 atom stereocenters. The number of nitrogens with two attached hydrogens (primary N) is 2. The number of piperidine rings is 1. The molecule has 1 aromatic carbocycles. The van der Waals surface area contributed by atoms with Crippen LogP contribution in [0.15, 0.2) is 24.0 Å². The Hall–Kier alpha value is -3.56. The number of hydrogen-bond acceptors (Lipinski definition) is 12. The number of carbonyl (C=O) groups excluding carboxylic acids is 4. The van der Waals surface area contributed by atoms with E-state index in [0.717, 1.165) is 11.1 Å². The second kappa shape index (κ2) is 16.2. The molecule has 0 bridgehead atoms. The third kappa shape index (κ3) is 7.37. The van der Waals surface area contributed by atoms with Gasteiger partial charge >= 0.3 is 11.9 Å². The molecule has 0 saturated carbocycles. The summed E-state index contributed by atoms with van der Waals surface area (Å²) in [6, 6.07) is 1.17. The molecule has 1 spiro atoms. The van der Waals surface area contributed by atoms with Crippen LogP contribution >= 0.6 is 0 Å². The third-order valence-electron chi connectivity index (χ3n) is 9.54. The van der Waals surface area contributed by atoms with Crippen LogP contribution < -0.4 is 26.9 Å². The molecule has 14 heteroatoms. The largest absolute Gasteiger partial charge is 0.481 e. The summed E-state index contributed by atoms with van der Waals surface area (Å²) in [5.41, 5.74) is 5.24. The monoisotopic (exact) mass is 677 g/mol. The first kappa shape index (κ1) is 40.6. The molecule has 270 valence electrons. The van der Waals surface area contributed by atoms with Gasteiger partial charge in [-0.3, -0.25) is 15.4 Å². The van der Waals surface area contributed by atoms with Crippen molar-refractivity contribution in [3.05, 3.63) is 40.7 Å². The Balaban J connectivity index is 0.00000400. The highest BCUT2D eigenvalue weighted by molar-refractivity contribution is 5.90. The number of ether oxygens (including phenoxy) is 3. The van der Waals surface area contributed by atoms with E-state index in [0.29, 0.717) is 50.1 Å². The highest BCUT2D eigenvalue weighted by atomic mass is 16.6. The van der Waals surface area contributed by atoms with Gasteiger partial charge in [0.1, 0.15) is 23.6 Å². The minimum Gasteiger partial charge on any atom is -0.481 e. The summed E-state index contributed by atoms with van der Waals surface area (Å²) < 4.78 is 17.6. The molecule has 0 aromatic heterocycles. The third-order valence-corrected chi connectivity index (χ3v) is 9.54. The number of aliphatic hydroxyl groups is 2. The minimum absolute atomic E-state index is 0. The summed E-state index contributed by atoms with van der Waals surface area (Å²) in [5, 5.41) is 29.1. The van der Waals surface area contributed by atoms with Gasteiger partial charge in [-0.15, -0.1) is 0 Å². The summed E-state index contributed by atoms with van der Waals surface area (Å²) in [7, 11) is 0. The SMILES string of the molecule is C.C.CC(=O)N[C@@H](CCCCN)C(=O)N[C@@H](C)C(=O)O[C@@H](C)C(=O)OC1=CC[C@@]2(O)[C@@H](C)N(N)CC[C@@]23c2c(C)ccc(CO)c2O[C@@H]13. The first-order chi connectivity index (χ1) is 21.7. The number of hydrazine groups is 1. The lowest BCUT2D eigenvalue weighted by atomic mass is 9.54. The number of rotatable bonds is 12. The number of aliphatic hydroxyl groups excluding tert-OH is 1. The number of fused-ring (bicyclic) bond motifs is 1. The number of esters is 2. The zero-order valence-corrected chi connectivity index (χ0v) is 27.1. The van der Waals surface area contributed by atoms with E-state index in [4.69, 9.17) is 25.8 Å². The van der Waals surface area contributed by atoms with Gasteiger partial charge in [0.2, 0.25) is 11.8 Å². The predicted molar refractivity (Wildman–Crippen MR) is 179 cm³/mol. The Morgan fingerprint density at radius 3 is 2.46 bits per heavy atom. The van der Waals surface area contributed by atoms with Gasteiger partial charge in [-0.25, -0.2) is 14.6 Å². The number of nitrogens with zero attached hydrogens (tertiary/aromatic N) is 1. The standard InChI is InChI=1S/C32H47N5O9.2CH4/c1-17-9-10-22(16-38)26-25(17)31-13-15-37(34)20(4)32(31,43)12-11-24(27(31)46-26)45-30(42)19(3)44-29(41)18(2)35-28(40)23(36-21(5)39)8-6-7-14-33;;/h9-11,18-20,23,27,38,43H,6-8,12-16,33-34H2,1-5H3,(H,35,40)(H,36,39);2*1H4/t18-,19-,20+,23-,27-,31-,32+;;/m0../s1. The number of aryl methyl sites for hydroxylation is 1. The fourth-order valence-electron chi connectivity index (χ4n) is 6.96. The van der Waals surface area contributed by atoms with Crippen molar-refractivity contribution in [2.45, 2.75) is 130 Å². The average Bonchev–Trinajstić information content (AvgIpc) is 3.37. The molecule has 14 nitrogen and oxygen atoms in total. The first-order valence-electron chi connectivity index (χ1n) is 15.8. The number of benzene rings is 1. The molecule has 2 amide bonds. The number of hydrogen-bond donors (Lipinski definition) is 6. The van der Waals surface area contributed by atoms with E-state index in [9.17, 15) is 29.4 Å². The van der Waals surface area contributed by atoms with E-state index in [2.05, 4.69) is 10.6 Å². The summed E-state index contributed by atoms with van der Waals surface area (Å²) in [6.07, 6.45) is 1.42. The zero-order chi connectivity index (χ0) is 34.0. The molecule has 8 N–H and O–H groups in total. The second-order valence-corrected chi connectivity index (χ2v) is 12.5. The molecule has 4 rings (SSSR count). The molecule has 1 aliphatic carbocycles. The lowest BCUT2D eigenvalue weighted by molar-refractivity contribution is -0.174. The Morgan fingerprint density at radius 2 is 1.83 bits per heavy atom. The van der Waals surface area contributed by atoms with Crippen LogP contribution in [0, 0.1) is 6.92 Å². The van der Waals surface area contributed by atoms with Crippen molar-refractivity contribution in [1.29, 1.82) is 0 Å². The van der Waals surface area contributed by atoms with Crippen molar-refractivity contribution in [3.8, 4) is 5.75 Å². The number of unbranched alkanes of at least 4 members (excludes halogenated alkanes) is 1. The number of nitrogens with one attached hydrogen (secondary N) is 2. The van der Waals surface area contributed by atoms with E-state index >= 15 is 0 Å². The Bertz CT molecular complexity index is 1390. The maximum atomic E-state index is 13.3. The van der Waals surface area contributed by atoms with Gasteiger partial charge in [0.25, 0.3) is 0 Å². The van der Waals surface area contributed by atoms with Gasteiger partial charge in [-0.2, -0.15) is 0 Å². The van der Waals surface area contributed by atoms with Crippen LogP contribution in [0.4, 0.5) is 0 Å². The molecular weight excluding hydrogens is 622 g/mol. The van der Waals surface area contributed by atoms with E-state index in [1.165, 1.54) is 20.8 Å². The van der Waals surface area contributed by atoms with Gasteiger partial charge < -0.3 is 40.8 Å². The first-order valence-corrected chi connectivity index (χ1v) is 15.8. The summed E-state index contributed by atoms with van der Waals surface area (Å²) >= 11 is 0. The minimum atomic E-state index is -1.39. The molecule has 0 unspecified atom stereocenters.